The molecule has 0 saturated carbocycles. The van der Waals surface area contributed by atoms with Crippen LogP contribution in [0.15, 0.2) is 27.7 Å². The average Bonchev–Trinajstić information content (AvgIpc) is 3.29. The van der Waals surface area contributed by atoms with Crippen LogP contribution in [0.5, 0.6) is 0 Å². The van der Waals surface area contributed by atoms with E-state index in [4.69, 9.17) is 4.42 Å². The molecule has 1 aromatic carbocycles. The van der Waals surface area contributed by atoms with Gasteiger partial charge in [-0.25, -0.2) is 40.1 Å². The first-order valence-electron chi connectivity index (χ1n) is 7.18. The Bertz CT molecular complexity index is 1050. The maximum Gasteiger partial charge on any atom is 0.246 e. The number of sulfonamides is 1. The number of aromatic amines is 1. The number of nitrogens with zero attached hydrogens (tertiary/aromatic N) is 2. The van der Waals surface area contributed by atoms with Crippen molar-refractivity contribution in [1.82, 2.24) is 19.9 Å². The first-order chi connectivity index (χ1) is 12.7. The summed E-state index contributed by atoms with van der Waals surface area (Å²) < 4.78 is 97.4. The van der Waals surface area contributed by atoms with E-state index in [1.165, 1.54) is 6.26 Å². The van der Waals surface area contributed by atoms with E-state index in [1.54, 1.807) is 16.9 Å². The van der Waals surface area contributed by atoms with Gasteiger partial charge in [0.2, 0.25) is 21.7 Å². The predicted octanol–water partition coefficient (Wildman–Crippen LogP) is 2.28. The van der Waals surface area contributed by atoms with Crippen LogP contribution in [0.25, 0.3) is 11.6 Å². The van der Waals surface area contributed by atoms with Gasteiger partial charge in [-0.15, -0.1) is 0 Å². The van der Waals surface area contributed by atoms with Crippen LogP contribution in [0.3, 0.4) is 0 Å². The molecule has 0 radical (unpaired) electrons. The van der Waals surface area contributed by atoms with E-state index in [9.17, 15) is 30.4 Å². The second-order valence-electron chi connectivity index (χ2n) is 5.13. The van der Waals surface area contributed by atoms with Gasteiger partial charge in [0.25, 0.3) is 0 Å². The number of benzene rings is 1. The van der Waals surface area contributed by atoms with Gasteiger partial charge >= 0.3 is 0 Å². The molecule has 0 bridgehead atoms. The van der Waals surface area contributed by atoms with Crippen LogP contribution in [0, 0.1) is 29.1 Å². The molecule has 3 aromatic rings. The summed E-state index contributed by atoms with van der Waals surface area (Å²) in [4.78, 5) is 2.06. The van der Waals surface area contributed by atoms with Gasteiger partial charge in [-0.3, -0.25) is 5.10 Å². The quantitative estimate of drug-likeness (QED) is 0.370. The highest BCUT2D eigenvalue weighted by molar-refractivity contribution is 7.89. The highest BCUT2D eigenvalue weighted by Gasteiger charge is 2.33. The van der Waals surface area contributed by atoms with Gasteiger partial charge in [-0.1, -0.05) is 0 Å². The summed E-state index contributed by atoms with van der Waals surface area (Å²) in [7, 11) is -5.02. The first kappa shape index (κ1) is 19.0. The maximum atomic E-state index is 13.6. The zero-order chi connectivity index (χ0) is 19.8. The van der Waals surface area contributed by atoms with Crippen LogP contribution >= 0.6 is 0 Å². The molecule has 0 spiro atoms. The molecule has 27 heavy (non-hydrogen) atoms. The van der Waals surface area contributed by atoms with Gasteiger partial charge < -0.3 is 4.42 Å². The topological polar surface area (TPSA) is 101 Å². The summed E-state index contributed by atoms with van der Waals surface area (Å²) in [5, 5.41) is 6.32. The molecule has 3 rings (SSSR count). The zero-order valence-corrected chi connectivity index (χ0v) is 13.9. The lowest BCUT2D eigenvalue weighted by Crippen LogP contribution is -2.29. The molecule has 0 amide bonds. The number of hydrogen-bond acceptors (Lipinski definition) is 5. The number of rotatable bonds is 6. The first-order valence-corrected chi connectivity index (χ1v) is 8.67. The van der Waals surface area contributed by atoms with E-state index < -0.39 is 50.5 Å². The van der Waals surface area contributed by atoms with Crippen molar-refractivity contribution in [2.45, 2.75) is 11.3 Å². The molecule has 0 aliphatic rings. The SMILES string of the molecule is O=S(=O)(NCCc1nc(-c2ccco2)n[nH]1)c1c(F)c(F)c(F)c(F)c1F. The van der Waals surface area contributed by atoms with Gasteiger partial charge in [0.1, 0.15) is 5.82 Å². The fraction of sp³-hybridized carbons (Fsp3) is 0.143. The second-order valence-corrected chi connectivity index (χ2v) is 6.83. The lowest BCUT2D eigenvalue weighted by Gasteiger charge is -2.10. The molecule has 0 saturated heterocycles. The monoisotopic (exact) mass is 408 g/mol. The number of hydrogen-bond donors (Lipinski definition) is 2. The van der Waals surface area contributed by atoms with Crippen LogP contribution in [-0.2, 0) is 16.4 Å². The molecule has 0 fully saturated rings. The number of aromatic nitrogens is 3. The average molecular weight is 408 g/mol. The summed E-state index contributed by atoms with van der Waals surface area (Å²) in [6.45, 7) is -0.450. The second kappa shape index (κ2) is 7.08. The lowest BCUT2D eigenvalue weighted by atomic mass is 10.3. The van der Waals surface area contributed by atoms with Gasteiger partial charge in [0.05, 0.1) is 6.26 Å². The molecule has 0 unspecified atom stereocenters. The highest BCUT2D eigenvalue weighted by Crippen LogP contribution is 2.26. The Balaban J connectivity index is 1.75. The Morgan fingerprint density at radius 2 is 1.67 bits per heavy atom. The molecule has 2 heterocycles. The third kappa shape index (κ3) is 3.55. The fourth-order valence-corrected chi connectivity index (χ4v) is 3.29. The Morgan fingerprint density at radius 3 is 2.26 bits per heavy atom. The Morgan fingerprint density at radius 1 is 1.04 bits per heavy atom. The summed E-state index contributed by atoms with van der Waals surface area (Å²) in [6.07, 6.45) is 1.28. The normalized spacial score (nSPS) is 11.9. The number of halogens is 5. The third-order valence-corrected chi connectivity index (χ3v) is 4.85. The molecule has 7 nitrogen and oxygen atoms in total. The predicted molar refractivity (Wildman–Crippen MR) is 79.2 cm³/mol. The summed E-state index contributed by atoms with van der Waals surface area (Å²) in [5.41, 5.74) is 0. The van der Waals surface area contributed by atoms with Crippen molar-refractivity contribution in [2.75, 3.05) is 6.54 Å². The molecule has 13 heteroatoms. The van der Waals surface area contributed by atoms with E-state index in [2.05, 4.69) is 15.2 Å². The van der Waals surface area contributed by atoms with E-state index in [-0.39, 0.29) is 18.1 Å². The third-order valence-electron chi connectivity index (χ3n) is 3.37. The molecule has 2 N–H and O–H groups in total. The minimum absolute atomic E-state index is 0.109. The summed E-state index contributed by atoms with van der Waals surface area (Å²) >= 11 is 0. The highest BCUT2D eigenvalue weighted by atomic mass is 32.2. The number of H-pyrrole nitrogens is 1. The fourth-order valence-electron chi connectivity index (χ4n) is 2.12. The number of nitrogens with one attached hydrogen (secondary N) is 2. The van der Waals surface area contributed by atoms with E-state index in [0.29, 0.717) is 5.76 Å². The van der Waals surface area contributed by atoms with Crippen molar-refractivity contribution in [3.63, 3.8) is 0 Å². The Hall–Kier alpha value is -2.80. The Labute approximate surface area is 148 Å². The van der Waals surface area contributed by atoms with E-state index in [0.717, 1.165) is 0 Å². The van der Waals surface area contributed by atoms with Gasteiger partial charge in [-0.05, 0) is 12.1 Å². The smallest absolute Gasteiger partial charge is 0.246 e. The summed E-state index contributed by atoms with van der Waals surface area (Å²) in [5.74, 6) is -11.3. The van der Waals surface area contributed by atoms with Gasteiger partial charge in [0.15, 0.2) is 33.9 Å². The molecule has 0 aliphatic heterocycles. The minimum atomic E-state index is -5.02. The zero-order valence-electron chi connectivity index (χ0n) is 13.1. The van der Waals surface area contributed by atoms with Gasteiger partial charge in [-0.2, -0.15) is 5.10 Å². The molecular formula is C14H9F5N4O3S. The van der Waals surface area contributed by atoms with Crippen LogP contribution in [0.2, 0.25) is 0 Å². The largest absolute Gasteiger partial charge is 0.461 e. The van der Waals surface area contributed by atoms with Crippen molar-refractivity contribution in [1.29, 1.82) is 0 Å². The van der Waals surface area contributed by atoms with Crippen LogP contribution in [-0.4, -0.2) is 30.1 Å². The van der Waals surface area contributed by atoms with Crippen molar-refractivity contribution < 1.29 is 34.8 Å². The van der Waals surface area contributed by atoms with Gasteiger partial charge in [0, 0.05) is 13.0 Å². The molecule has 2 aromatic heterocycles. The molecular weight excluding hydrogens is 399 g/mol. The van der Waals surface area contributed by atoms with Crippen molar-refractivity contribution in [2.24, 2.45) is 0 Å². The van der Waals surface area contributed by atoms with Crippen molar-refractivity contribution in [3.05, 3.63) is 53.3 Å². The van der Waals surface area contributed by atoms with Crippen LogP contribution < -0.4 is 4.72 Å². The molecule has 0 atom stereocenters. The van der Waals surface area contributed by atoms with E-state index >= 15 is 0 Å². The molecule has 0 aliphatic carbocycles. The van der Waals surface area contributed by atoms with Crippen molar-refractivity contribution in [3.8, 4) is 11.6 Å². The summed E-state index contributed by atoms with van der Waals surface area (Å²) in [6, 6.07) is 3.18. The van der Waals surface area contributed by atoms with Crippen LogP contribution in [0.4, 0.5) is 22.0 Å². The lowest BCUT2D eigenvalue weighted by molar-refractivity contribution is 0.357. The molecule has 144 valence electrons. The maximum absolute atomic E-state index is 13.6. The van der Waals surface area contributed by atoms with E-state index in [1.807, 2.05) is 0 Å². The van der Waals surface area contributed by atoms with Crippen molar-refractivity contribution >= 4 is 10.0 Å². The number of furan rings is 1. The van der Waals surface area contributed by atoms with Crippen LogP contribution in [0.1, 0.15) is 5.82 Å². The minimum Gasteiger partial charge on any atom is -0.461 e. The Kier molecular flexibility index (Phi) is 4.97. The standard InChI is InChI=1S/C14H9F5N4O3S/c15-8-9(16)11(18)13(12(19)10(8)17)27(24,25)20-4-3-7-21-14(23-22-7)6-2-1-5-26-6/h1-2,5,20H,3-4H2,(H,21,22,23).